The molecule has 1 aromatic rings. The number of sulfonamides is 1. The molecule has 2 rings (SSSR count). The molecule has 1 amide bonds. The third-order valence-corrected chi connectivity index (χ3v) is 5.14. The molecule has 6 nitrogen and oxygen atoms in total. The van der Waals surface area contributed by atoms with Gasteiger partial charge in [-0.1, -0.05) is 12.1 Å². The van der Waals surface area contributed by atoms with Crippen LogP contribution in [-0.2, 0) is 21.2 Å². The maximum absolute atomic E-state index is 12.0. The second-order valence-corrected chi connectivity index (χ2v) is 7.43. The summed E-state index contributed by atoms with van der Waals surface area (Å²) in [6.07, 6.45) is 3.11. The minimum absolute atomic E-state index is 0.106. The van der Waals surface area contributed by atoms with E-state index in [4.69, 9.17) is 4.74 Å². The van der Waals surface area contributed by atoms with E-state index >= 15 is 0 Å². The van der Waals surface area contributed by atoms with Gasteiger partial charge in [-0.3, -0.25) is 4.79 Å². The molecule has 1 N–H and O–H groups in total. The highest BCUT2D eigenvalue weighted by Gasteiger charge is 2.31. The summed E-state index contributed by atoms with van der Waals surface area (Å²) in [5.41, 5.74) is 0.893. The highest BCUT2D eigenvalue weighted by molar-refractivity contribution is 7.88. The number of carbonyl (C=O) groups excluding carboxylic acids is 1. The lowest BCUT2D eigenvalue weighted by Crippen LogP contribution is -2.43. The second kappa shape index (κ2) is 7.11. The Bertz CT molecular complexity index is 613. The summed E-state index contributed by atoms with van der Waals surface area (Å²) >= 11 is 0. The highest BCUT2D eigenvalue weighted by Crippen LogP contribution is 2.19. The zero-order chi connectivity index (χ0) is 16.2. The quantitative estimate of drug-likeness (QED) is 0.838. The Hall–Kier alpha value is -1.60. The average molecular weight is 326 g/mol. The number of rotatable bonds is 6. The van der Waals surface area contributed by atoms with Crippen molar-refractivity contribution in [3.8, 4) is 5.75 Å². The van der Waals surface area contributed by atoms with Gasteiger partial charge in [0.05, 0.1) is 19.8 Å². The van der Waals surface area contributed by atoms with E-state index in [-0.39, 0.29) is 18.4 Å². The normalized spacial score (nSPS) is 19.1. The third kappa shape index (κ3) is 4.45. The van der Waals surface area contributed by atoms with Crippen molar-refractivity contribution < 1.29 is 17.9 Å². The number of amides is 1. The van der Waals surface area contributed by atoms with Gasteiger partial charge in [-0.15, -0.1) is 0 Å². The predicted octanol–water partition coefficient (Wildman–Crippen LogP) is 0.778. The summed E-state index contributed by atoms with van der Waals surface area (Å²) < 4.78 is 29.8. The second-order valence-electron chi connectivity index (χ2n) is 5.50. The first kappa shape index (κ1) is 16.8. The van der Waals surface area contributed by atoms with E-state index in [0.29, 0.717) is 13.1 Å². The lowest BCUT2D eigenvalue weighted by atomic mass is 10.1. The van der Waals surface area contributed by atoms with E-state index in [1.807, 2.05) is 24.3 Å². The van der Waals surface area contributed by atoms with Gasteiger partial charge in [-0.2, -0.15) is 4.31 Å². The van der Waals surface area contributed by atoms with E-state index in [2.05, 4.69) is 5.32 Å². The van der Waals surface area contributed by atoms with Crippen molar-refractivity contribution >= 4 is 15.9 Å². The number of nitrogens with zero attached hydrogens (tertiary/aromatic N) is 1. The lowest BCUT2D eigenvalue weighted by Gasteiger charge is -2.22. The van der Waals surface area contributed by atoms with E-state index in [9.17, 15) is 13.2 Å². The minimum atomic E-state index is -3.20. The van der Waals surface area contributed by atoms with Crippen LogP contribution in [-0.4, -0.2) is 51.1 Å². The average Bonchev–Trinajstić information content (AvgIpc) is 2.94. The number of nitrogens with one attached hydrogen (secondary N) is 1. The molecule has 1 atom stereocenters. The summed E-state index contributed by atoms with van der Waals surface area (Å²) in [5, 5.41) is 2.83. The molecular weight excluding hydrogens is 304 g/mol. The monoisotopic (exact) mass is 326 g/mol. The Labute approximate surface area is 131 Å². The van der Waals surface area contributed by atoms with Gasteiger partial charge in [0.15, 0.2) is 0 Å². The third-order valence-electron chi connectivity index (χ3n) is 3.81. The number of methoxy groups -OCH3 is 1. The Morgan fingerprint density at radius 2 is 2.05 bits per heavy atom. The van der Waals surface area contributed by atoms with Crippen LogP contribution < -0.4 is 10.1 Å². The molecule has 0 saturated carbocycles. The molecule has 1 aliphatic rings. The standard InChI is InChI=1S/C15H22N2O4S/c1-21-14-7-5-12(6-8-14)10-15(18)16-11-13-4-3-9-17(13)22(2,19)20/h5-8,13H,3-4,9-11H2,1-2H3,(H,16,18). The predicted molar refractivity (Wildman–Crippen MR) is 84.3 cm³/mol. The van der Waals surface area contributed by atoms with Gasteiger partial charge in [0.2, 0.25) is 15.9 Å². The van der Waals surface area contributed by atoms with Crippen molar-refractivity contribution in [3.05, 3.63) is 29.8 Å². The maximum Gasteiger partial charge on any atom is 0.224 e. The van der Waals surface area contributed by atoms with Crippen LogP contribution in [0.1, 0.15) is 18.4 Å². The van der Waals surface area contributed by atoms with Gasteiger partial charge < -0.3 is 10.1 Å². The van der Waals surface area contributed by atoms with Crippen molar-refractivity contribution in [3.63, 3.8) is 0 Å². The first-order valence-electron chi connectivity index (χ1n) is 7.26. The van der Waals surface area contributed by atoms with Crippen molar-refractivity contribution in [2.45, 2.75) is 25.3 Å². The molecule has 1 saturated heterocycles. The van der Waals surface area contributed by atoms with Crippen molar-refractivity contribution in [1.82, 2.24) is 9.62 Å². The molecule has 0 radical (unpaired) electrons. The molecule has 1 aliphatic heterocycles. The maximum atomic E-state index is 12.0. The molecule has 1 aromatic carbocycles. The number of benzene rings is 1. The molecule has 0 aromatic heterocycles. The fourth-order valence-corrected chi connectivity index (χ4v) is 3.85. The van der Waals surface area contributed by atoms with Crippen LogP contribution in [0.4, 0.5) is 0 Å². The van der Waals surface area contributed by atoms with Crippen LogP contribution in [0, 0.1) is 0 Å². The molecule has 1 heterocycles. The van der Waals surface area contributed by atoms with Gasteiger partial charge >= 0.3 is 0 Å². The summed E-state index contributed by atoms with van der Waals surface area (Å²) in [6, 6.07) is 7.18. The van der Waals surface area contributed by atoms with E-state index < -0.39 is 10.0 Å². The summed E-state index contributed by atoms with van der Waals surface area (Å²) in [4.78, 5) is 12.0. The first-order valence-corrected chi connectivity index (χ1v) is 9.11. The summed E-state index contributed by atoms with van der Waals surface area (Å²) in [5.74, 6) is 0.643. The zero-order valence-corrected chi connectivity index (χ0v) is 13.7. The van der Waals surface area contributed by atoms with Crippen LogP contribution >= 0.6 is 0 Å². The Kier molecular flexibility index (Phi) is 5.42. The van der Waals surface area contributed by atoms with Crippen molar-refractivity contribution in [1.29, 1.82) is 0 Å². The molecule has 1 fully saturated rings. The zero-order valence-electron chi connectivity index (χ0n) is 12.9. The largest absolute Gasteiger partial charge is 0.497 e. The van der Waals surface area contributed by atoms with E-state index in [1.54, 1.807) is 7.11 Å². The molecule has 1 unspecified atom stereocenters. The van der Waals surface area contributed by atoms with Crippen LogP contribution in [0.15, 0.2) is 24.3 Å². The molecule has 0 aliphatic carbocycles. The van der Waals surface area contributed by atoms with Gasteiger partial charge in [0.25, 0.3) is 0 Å². The SMILES string of the molecule is COc1ccc(CC(=O)NCC2CCCN2S(C)(=O)=O)cc1. The van der Waals surface area contributed by atoms with Crippen molar-refractivity contribution in [2.75, 3.05) is 26.5 Å². The van der Waals surface area contributed by atoms with E-state index in [1.165, 1.54) is 10.6 Å². The Morgan fingerprint density at radius 3 is 2.64 bits per heavy atom. The molecule has 0 bridgehead atoms. The van der Waals surface area contributed by atoms with Crippen LogP contribution in [0.2, 0.25) is 0 Å². The minimum Gasteiger partial charge on any atom is -0.497 e. The number of carbonyl (C=O) groups is 1. The van der Waals surface area contributed by atoms with Crippen LogP contribution in [0.3, 0.4) is 0 Å². The molecule has 22 heavy (non-hydrogen) atoms. The van der Waals surface area contributed by atoms with Crippen molar-refractivity contribution in [2.24, 2.45) is 0 Å². The topological polar surface area (TPSA) is 75.7 Å². The fraction of sp³-hybridized carbons (Fsp3) is 0.533. The van der Waals surface area contributed by atoms with Gasteiger partial charge in [0.1, 0.15) is 5.75 Å². The summed E-state index contributed by atoms with van der Waals surface area (Å²) in [7, 11) is -1.60. The Balaban J connectivity index is 1.84. The Morgan fingerprint density at radius 1 is 1.36 bits per heavy atom. The molecule has 122 valence electrons. The molecule has 7 heteroatoms. The number of hydrogen-bond donors (Lipinski definition) is 1. The van der Waals surface area contributed by atoms with Crippen LogP contribution in [0.25, 0.3) is 0 Å². The summed E-state index contributed by atoms with van der Waals surface area (Å²) in [6.45, 7) is 0.903. The van der Waals surface area contributed by atoms with E-state index in [0.717, 1.165) is 24.2 Å². The highest BCUT2D eigenvalue weighted by atomic mass is 32.2. The smallest absolute Gasteiger partial charge is 0.224 e. The fourth-order valence-electron chi connectivity index (χ4n) is 2.67. The molecular formula is C15H22N2O4S. The number of ether oxygens (including phenoxy) is 1. The first-order chi connectivity index (χ1) is 10.4. The lowest BCUT2D eigenvalue weighted by molar-refractivity contribution is -0.120. The number of hydrogen-bond acceptors (Lipinski definition) is 4. The van der Waals surface area contributed by atoms with Gasteiger partial charge in [0, 0.05) is 19.1 Å². The van der Waals surface area contributed by atoms with Crippen LogP contribution in [0.5, 0.6) is 5.75 Å². The molecule has 0 spiro atoms. The van der Waals surface area contributed by atoms with Gasteiger partial charge in [-0.05, 0) is 30.5 Å². The van der Waals surface area contributed by atoms with Gasteiger partial charge in [-0.25, -0.2) is 8.42 Å².